The summed E-state index contributed by atoms with van der Waals surface area (Å²) in [5, 5.41) is 15.2. The molecule has 0 unspecified atom stereocenters. The highest BCUT2D eigenvalue weighted by atomic mass is 16.7. The number of benzene rings is 1. The first-order valence-corrected chi connectivity index (χ1v) is 9.29. The first kappa shape index (κ1) is 21.0. The third-order valence-electron chi connectivity index (χ3n) is 4.40. The van der Waals surface area contributed by atoms with Gasteiger partial charge in [-0.1, -0.05) is 20.8 Å². The molecule has 30 heavy (non-hydrogen) atoms. The molecule has 3 aromatic rings. The van der Waals surface area contributed by atoms with E-state index in [0.29, 0.717) is 6.54 Å². The van der Waals surface area contributed by atoms with Crippen molar-refractivity contribution >= 4 is 11.8 Å². The van der Waals surface area contributed by atoms with Gasteiger partial charge in [-0.05, 0) is 30.3 Å². The summed E-state index contributed by atoms with van der Waals surface area (Å²) >= 11 is 0. The van der Waals surface area contributed by atoms with E-state index in [1.807, 2.05) is 45.2 Å². The minimum Gasteiger partial charge on any atom is -0.428 e. The van der Waals surface area contributed by atoms with Crippen molar-refractivity contribution in [1.82, 2.24) is 14.8 Å². The number of ether oxygens (including phenoxy) is 2. The van der Waals surface area contributed by atoms with Gasteiger partial charge in [0.1, 0.15) is 11.9 Å². The number of carbonyl (C=O) groups is 1. The van der Waals surface area contributed by atoms with Crippen molar-refractivity contribution in [3.05, 3.63) is 71.2 Å². The molecule has 0 aliphatic rings. The van der Waals surface area contributed by atoms with E-state index in [1.165, 1.54) is 24.3 Å². The minimum atomic E-state index is -0.886. The van der Waals surface area contributed by atoms with Crippen LogP contribution >= 0.6 is 0 Å². The van der Waals surface area contributed by atoms with Crippen LogP contribution in [0.2, 0.25) is 0 Å². The van der Waals surface area contributed by atoms with Crippen LogP contribution in [-0.4, -0.2) is 31.9 Å². The van der Waals surface area contributed by atoms with E-state index in [-0.39, 0.29) is 16.9 Å². The Morgan fingerprint density at radius 3 is 2.53 bits per heavy atom. The van der Waals surface area contributed by atoms with Crippen molar-refractivity contribution in [1.29, 1.82) is 0 Å². The van der Waals surface area contributed by atoms with E-state index in [4.69, 9.17) is 9.47 Å². The van der Waals surface area contributed by atoms with Crippen LogP contribution in [0.4, 0.5) is 10.5 Å². The van der Waals surface area contributed by atoms with E-state index >= 15 is 0 Å². The van der Waals surface area contributed by atoms with Gasteiger partial charge >= 0.3 is 6.16 Å². The molecule has 2 aromatic heterocycles. The van der Waals surface area contributed by atoms with Crippen molar-refractivity contribution in [3.8, 4) is 17.0 Å². The lowest BCUT2D eigenvalue weighted by Gasteiger charge is -2.29. The molecule has 9 heteroatoms. The Labute approximate surface area is 173 Å². The van der Waals surface area contributed by atoms with Gasteiger partial charge in [0.25, 0.3) is 5.69 Å². The van der Waals surface area contributed by atoms with Crippen LogP contribution < -0.4 is 4.74 Å². The standard InChI is InChI=1S/C21H22N4O5/c1-21(2,3)19(14-24-12-10-18(23-24)15-5-4-11-22-13-15)30-20(26)29-17-8-6-16(7-9-17)25(27)28/h4-13,19H,14H2,1-3H3/t19-/m1/s1. The maximum atomic E-state index is 12.3. The van der Waals surface area contributed by atoms with Gasteiger partial charge in [-0.3, -0.25) is 19.8 Å². The molecule has 0 N–H and O–H groups in total. The third kappa shape index (κ3) is 5.40. The molecule has 9 nitrogen and oxygen atoms in total. The Balaban J connectivity index is 1.67. The maximum Gasteiger partial charge on any atom is 0.514 e. The van der Waals surface area contributed by atoms with Gasteiger partial charge in [0.2, 0.25) is 0 Å². The number of nitro groups is 1. The Morgan fingerprint density at radius 1 is 1.20 bits per heavy atom. The SMILES string of the molecule is CC(C)(C)[C@@H](Cn1ccc(-c2cccnc2)n1)OC(=O)Oc1ccc([N+](=O)[O-])cc1. The number of hydrogen-bond acceptors (Lipinski definition) is 7. The number of hydrogen-bond donors (Lipinski definition) is 0. The number of rotatable bonds is 6. The van der Waals surface area contributed by atoms with Crippen LogP contribution in [0, 0.1) is 15.5 Å². The second-order valence-electron chi connectivity index (χ2n) is 7.74. The van der Waals surface area contributed by atoms with Crippen LogP contribution in [0.3, 0.4) is 0 Å². The summed E-state index contributed by atoms with van der Waals surface area (Å²) in [6, 6.07) is 10.8. The molecule has 0 spiro atoms. The molecular weight excluding hydrogens is 388 g/mol. The fourth-order valence-electron chi connectivity index (χ4n) is 2.66. The number of nitro benzene ring substituents is 1. The summed E-state index contributed by atoms with van der Waals surface area (Å²) in [5.41, 5.74) is 1.19. The van der Waals surface area contributed by atoms with Gasteiger partial charge in [-0.2, -0.15) is 5.10 Å². The van der Waals surface area contributed by atoms with Crippen LogP contribution in [0.25, 0.3) is 11.3 Å². The Morgan fingerprint density at radius 2 is 1.93 bits per heavy atom. The normalized spacial score (nSPS) is 12.2. The molecule has 0 fully saturated rings. The highest BCUT2D eigenvalue weighted by Gasteiger charge is 2.30. The van der Waals surface area contributed by atoms with Gasteiger partial charge in [0.15, 0.2) is 0 Å². The second-order valence-corrected chi connectivity index (χ2v) is 7.74. The molecule has 1 aromatic carbocycles. The smallest absolute Gasteiger partial charge is 0.428 e. The number of pyridine rings is 1. The molecule has 3 rings (SSSR count). The highest BCUT2D eigenvalue weighted by Crippen LogP contribution is 2.26. The Hall–Kier alpha value is -3.75. The van der Waals surface area contributed by atoms with E-state index in [9.17, 15) is 14.9 Å². The summed E-state index contributed by atoms with van der Waals surface area (Å²) in [7, 11) is 0. The van der Waals surface area contributed by atoms with E-state index in [0.717, 1.165) is 11.3 Å². The van der Waals surface area contributed by atoms with Crippen molar-refractivity contribution in [2.24, 2.45) is 5.41 Å². The molecular formula is C21H22N4O5. The van der Waals surface area contributed by atoms with Crippen molar-refractivity contribution < 1.29 is 19.2 Å². The Kier molecular flexibility index (Phi) is 6.10. The van der Waals surface area contributed by atoms with Crippen LogP contribution in [0.15, 0.2) is 61.1 Å². The molecule has 0 aliphatic heterocycles. The fraction of sp³-hybridized carbons (Fsp3) is 0.286. The largest absolute Gasteiger partial charge is 0.514 e. The van der Waals surface area contributed by atoms with Gasteiger partial charge < -0.3 is 9.47 Å². The molecule has 0 radical (unpaired) electrons. The topological polar surface area (TPSA) is 109 Å². The number of carbonyl (C=O) groups excluding carboxylic acids is 1. The van der Waals surface area contributed by atoms with Gasteiger partial charge in [-0.15, -0.1) is 0 Å². The monoisotopic (exact) mass is 410 g/mol. The summed E-state index contributed by atoms with van der Waals surface area (Å²) in [4.78, 5) is 26.6. The molecule has 0 amide bonds. The summed E-state index contributed by atoms with van der Waals surface area (Å²) in [6.07, 6.45) is 3.83. The van der Waals surface area contributed by atoms with E-state index < -0.39 is 17.2 Å². The van der Waals surface area contributed by atoms with Crippen LogP contribution in [-0.2, 0) is 11.3 Å². The molecule has 2 heterocycles. The molecule has 0 saturated heterocycles. The molecule has 0 bridgehead atoms. The van der Waals surface area contributed by atoms with Crippen molar-refractivity contribution in [2.75, 3.05) is 0 Å². The zero-order valence-corrected chi connectivity index (χ0v) is 16.9. The van der Waals surface area contributed by atoms with E-state index in [1.54, 1.807) is 17.1 Å². The molecule has 156 valence electrons. The quantitative estimate of drug-likeness (QED) is 0.255. The predicted octanol–water partition coefficient (Wildman–Crippen LogP) is 4.48. The van der Waals surface area contributed by atoms with Crippen LogP contribution in [0.1, 0.15) is 20.8 Å². The first-order chi connectivity index (χ1) is 14.2. The summed E-state index contributed by atoms with van der Waals surface area (Å²) in [6.45, 7) is 6.17. The van der Waals surface area contributed by atoms with E-state index in [2.05, 4.69) is 10.1 Å². The minimum absolute atomic E-state index is 0.0913. The second kappa shape index (κ2) is 8.73. The Bertz CT molecular complexity index is 1010. The zero-order valence-electron chi connectivity index (χ0n) is 16.9. The van der Waals surface area contributed by atoms with Gasteiger partial charge in [0.05, 0.1) is 17.2 Å². The third-order valence-corrected chi connectivity index (χ3v) is 4.40. The lowest BCUT2D eigenvalue weighted by atomic mass is 9.89. The van der Waals surface area contributed by atoms with Gasteiger partial charge in [0, 0.05) is 41.7 Å². The summed E-state index contributed by atoms with van der Waals surface area (Å²) < 4.78 is 12.4. The number of nitrogens with zero attached hydrogens (tertiary/aromatic N) is 4. The zero-order chi connectivity index (χ0) is 21.7. The summed E-state index contributed by atoms with van der Waals surface area (Å²) in [5.74, 6) is 0.163. The average molecular weight is 410 g/mol. The fourth-order valence-corrected chi connectivity index (χ4v) is 2.66. The lowest BCUT2D eigenvalue weighted by Crippen LogP contribution is -2.36. The predicted molar refractivity (Wildman–Crippen MR) is 109 cm³/mol. The number of non-ortho nitro benzene ring substituents is 1. The molecule has 0 aliphatic carbocycles. The first-order valence-electron chi connectivity index (χ1n) is 9.29. The average Bonchev–Trinajstić information content (AvgIpc) is 3.16. The van der Waals surface area contributed by atoms with Crippen molar-refractivity contribution in [3.63, 3.8) is 0 Å². The number of aromatic nitrogens is 3. The van der Waals surface area contributed by atoms with Gasteiger partial charge in [-0.25, -0.2) is 4.79 Å². The molecule has 0 saturated carbocycles. The lowest BCUT2D eigenvalue weighted by molar-refractivity contribution is -0.384. The van der Waals surface area contributed by atoms with Crippen LogP contribution in [0.5, 0.6) is 5.75 Å². The highest BCUT2D eigenvalue weighted by molar-refractivity contribution is 5.64. The maximum absolute atomic E-state index is 12.3. The molecule has 1 atom stereocenters. The van der Waals surface area contributed by atoms with Crippen molar-refractivity contribution in [2.45, 2.75) is 33.4 Å².